The number of benzene rings is 2. The minimum Gasteiger partial charge on any atom is -0.478 e. The summed E-state index contributed by atoms with van der Waals surface area (Å²) in [7, 11) is -3.65. The Kier molecular flexibility index (Phi) is 4.39. The van der Waals surface area contributed by atoms with E-state index in [-0.39, 0.29) is 4.90 Å². The zero-order chi connectivity index (χ0) is 15.3. The van der Waals surface area contributed by atoms with E-state index in [0.717, 1.165) is 6.08 Å². The Bertz CT molecular complexity index is 767. The maximum Gasteiger partial charge on any atom is 0.328 e. The maximum absolute atomic E-state index is 12.2. The summed E-state index contributed by atoms with van der Waals surface area (Å²) in [6, 6.07) is 14.5. The van der Waals surface area contributed by atoms with Gasteiger partial charge in [0.1, 0.15) is 0 Å². The molecule has 0 aliphatic carbocycles. The Morgan fingerprint density at radius 1 is 1.05 bits per heavy atom. The summed E-state index contributed by atoms with van der Waals surface area (Å²) < 4.78 is 26.8. The minimum absolute atomic E-state index is 0.163. The van der Waals surface area contributed by atoms with Crippen molar-refractivity contribution in [3.63, 3.8) is 0 Å². The van der Waals surface area contributed by atoms with Crippen LogP contribution in [0.5, 0.6) is 0 Å². The van der Waals surface area contributed by atoms with E-state index < -0.39 is 16.0 Å². The van der Waals surface area contributed by atoms with Crippen LogP contribution in [0.4, 0.5) is 5.69 Å². The highest BCUT2D eigenvalue weighted by molar-refractivity contribution is 7.92. The van der Waals surface area contributed by atoms with E-state index in [9.17, 15) is 13.2 Å². The van der Waals surface area contributed by atoms with Crippen molar-refractivity contribution < 1.29 is 18.3 Å². The van der Waals surface area contributed by atoms with Crippen LogP contribution >= 0.6 is 0 Å². The van der Waals surface area contributed by atoms with Gasteiger partial charge in [0.25, 0.3) is 10.0 Å². The van der Waals surface area contributed by atoms with Gasteiger partial charge in [-0.3, -0.25) is 4.72 Å². The zero-order valence-corrected chi connectivity index (χ0v) is 11.7. The Morgan fingerprint density at radius 3 is 2.43 bits per heavy atom. The number of aliphatic carboxylic acids is 1. The van der Waals surface area contributed by atoms with Gasteiger partial charge in [0.15, 0.2) is 0 Å². The molecule has 6 heteroatoms. The smallest absolute Gasteiger partial charge is 0.328 e. The molecule has 0 saturated carbocycles. The third kappa shape index (κ3) is 4.19. The molecule has 0 spiro atoms. The molecule has 0 unspecified atom stereocenters. The van der Waals surface area contributed by atoms with E-state index in [1.807, 2.05) is 0 Å². The molecule has 0 aromatic heterocycles. The van der Waals surface area contributed by atoms with Crippen molar-refractivity contribution in [1.82, 2.24) is 0 Å². The molecule has 0 heterocycles. The Hall–Kier alpha value is -2.60. The van der Waals surface area contributed by atoms with Crippen LogP contribution in [0.3, 0.4) is 0 Å². The number of carboxylic acid groups (broad SMARTS) is 1. The summed E-state index contributed by atoms with van der Waals surface area (Å²) in [6.07, 6.45) is 2.38. The van der Waals surface area contributed by atoms with Crippen molar-refractivity contribution in [2.45, 2.75) is 4.90 Å². The fraction of sp³-hybridized carbons (Fsp3) is 0. The number of nitrogens with one attached hydrogen (secondary N) is 1. The molecular formula is C15H13NO4S. The van der Waals surface area contributed by atoms with Crippen molar-refractivity contribution in [1.29, 1.82) is 0 Å². The number of rotatable bonds is 5. The summed E-state index contributed by atoms with van der Waals surface area (Å²) in [5, 5.41) is 8.58. The number of hydrogen-bond donors (Lipinski definition) is 2. The highest BCUT2D eigenvalue weighted by atomic mass is 32.2. The number of carbonyl (C=O) groups is 1. The first-order valence-corrected chi connectivity index (χ1v) is 7.55. The molecule has 0 saturated heterocycles. The Balaban J connectivity index is 2.24. The first kappa shape index (κ1) is 14.8. The van der Waals surface area contributed by atoms with Gasteiger partial charge >= 0.3 is 5.97 Å². The molecule has 0 aliphatic heterocycles. The monoisotopic (exact) mass is 303 g/mol. The molecule has 0 fully saturated rings. The molecule has 0 amide bonds. The van der Waals surface area contributed by atoms with E-state index in [1.54, 1.807) is 42.5 Å². The third-order valence-corrected chi connectivity index (χ3v) is 4.01. The number of sulfonamides is 1. The van der Waals surface area contributed by atoms with E-state index in [1.165, 1.54) is 18.2 Å². The van der Waals surface area contributed by atoms with Gasteiger partial charge in [-0.1, -0.05) is 30.3 Å². The Labute approximate surface area is 122 Å². The molecule has 0 bridgehead atoms. The van der Waals surface area contributed by atoms with Gasteiger partial charge in [0.05, 0.1) is 4.90 Å². The van der Waals surface area contributed by atoms with Crippen molar-refractivity contribution in [2.75, 3.05) is 4.72 Å². The topological polar surface area (TPSA) is 83.5 Å². The molecule has 0 aliphatic rings. The first-order valence-electron chi connectivity index (χ1n) is 6.06. The second-order valence-electron chi connectivity index (χ2n) is 4.22. The quantitative estimate of drug-likeness (QED) is 0.832. The number of carboxylic acids is 1. The summed E-state index contributed by atoms with van der Waals surface area (Å²) in [5.74, 6) is -1.06. The summed E-state index contributed by atoms with van der Waals surface area (Å²) in [6.45, 7) is 0. The normalized spacial score (nSPS) is 11.4. The van der Waals surface area contributed by atoms with Gasteiger partial charge in [-0.25, -0.2) is 13.2 Å². The van der Waals surface area contributed by atoms with Crippen LogP contribution in [0.25, 0.3) is 6.08 Å². The Morgan fingerprint density at radius 2 is 1.76 bits per heavy atom. The van der Waals surface area contributed by atoms with Crippen LogP contribution in [0.2, 0.25) is 0 Å². The second-order valence-corrected chi connectivity index (χ2v) is 5.90. The van der Waals surface area contributed by atoms with Crippen molar-refractivity contribution >= 4 is 27.8 Å². The van der Waals surface area contributed by atoms with E-state index in [2.05, 4.69) is 4.72 Å². The van der Waals surface area contributed by atoms with Crippen LogP contribution in [0, 0.1) is 0 Å². The highest BCUT2D eigenvalue weighted by Crippen LogP contribution is 2.17. The maximum atomic E-state index is 12.2. The molecule has 0 radical (unpaired) electrons. The fourth-order valence-electron chi connectivity index (χ4n) is 1.69. The molecule has 21 heavy (non-hydrogen) atoms. The van der Waals surface area contributed by atoms with Gasteiger partial charge < -0.3 is 5.11 Å². The van der Waals surface area contributed by atoms with E-state index in [4.69, 9.17) is 5.11 Å². The lowest BCUT2D eigenvalue weighted by atomic mass is 10.2. The number of anilines is 1. The second kappa shape index (κ2) is 6.23. The average Bonchev–Trinajstić information content (AvgIpc) is 2.46. The van der Waals surface area contributed by atoms with Gasteiger partial charge in [-0.15, -0.1) is 0 Å². The molecule has 5 nitrogen and oxygen atoms in total. The van der Waals surface area contributed by atoms with Gasteiger partial charge in [0.2, 0.25) is 0 Å². The molecule has 2 N–H and O–H groups in total. The van der Waals surface area contributed by atoms with Gasteiger partial charge in [-0.2, -0.15) is 0 Å². The lowest BCUT2D eigenvalue weighted by molar-refractivity contribution is -0.131. The summed E-state index contributed by atoms with van der Waals surface area (Å²) in [4.78, 5) is 10.6. The lowest BCUT2D eigenvalue weighted by Crippen LogP contribution is -2.12. The average molecular weight is 303 g/mol. The highest BCUT2D eigenvalue weighted by Gasteiger charge is 2.13. The van der Waals surface area contributed by atoms with Crippen LogP contribution in [-0.2, 0) is 14.8 Å². The molecule has 2 rings (SSSR count). The fourth-order valence-corrected chi connectivity index (χ4v) is 2.76. The molecule has 108 valence electrons. The largest absolute Gasteiger partial charge is 0.478 e. The molecule has 2 aromatic rings. The van der Waals surface area contributed by atoms with Gasteiger partial charge in [0, 0.05) is 11.8 Å². The van der Waals surface area contributed by atoms with Crippen LogP contribution in [-0.4, -0.2) is 19.5 Å². The minimum atomic E-state index is -3.65. The van der Waals surface area contributed by atoms with Crippen LogP contribution in [0.1, 0.15) is 5.56 Å². The number of hydrogen-bond acceptors (Lipinski definition) is 3. The van der Waals surface area contributed by atoms with Crippen LogP contribution < -0.4 is 4.72 Å². The van der Waals surface area contributed by atoms with Crippen molar-refractivity contribution in [2.24, 2.45) is 0 Å². The predicted molar refractivity (Wildman–Crippen MR) is 80.4 cm³/mol. The molecule has 2 aromatic carbocycles. The van der Waals surface area contributed by atoms with Gasteiger partial charge in [-0.05, 0) is 35.9 Å². The third-order valence-electron chi connectivity index (χ3n) is 2.61. The first-order chi connectivity index (χ1) is 9.97. The molecule has 0 atom stereocenters. The predicted octanol–water partition coefficient (Wildman–Crippen LogP) is 2.59. The van der Waals surface area contributed by atoms with Crippen molar-refractivity contribution in [3.05, 3.63) is 66.2 Å². The SMILES string of the molecule is O=C(O)C=Cc1cccc(NS(=O)(=O)c2ccccc2)c1. The van der Waals surface area contributed by atoms with Crippen molar-refractivity contribution in [3.8, 4) is 0 Å². The lowest BCUT2D eigenvalue weighted by Gasteiger charge is -2.08. The summed E-state index contributed by atoms with van der Waals surface area (Å²) >= 11 is 0. The van der Waals surface area contributed by atoms with E-state index >= 15 is 0 Å². The molecular weight excluding hydrogens is 290 g/mol. The van der Waals surface area contributed by atoms with Crippen LogP contribution in [0.15, 0.2) is 65.6 Å². The standard InChI is InChI=1S/C15H13NO4S/c17-15(18)10-9-12-5-4-6-13(11-12)16-21(19,20)14-7-2-1-3-8-14/h1-11,16H,(H,17,18). The zero-order valence-electron chi connectivity index (χ0n) is 10.9. The van der Waals surface area contributed by atoms with E-state index in [0.29, 0.717) is 11.3 Å². The summed E-state index contributed by atoms with van der Waals surface area (Å²) in [5.41, 5.74) is 0.956.